The highest BCUT2D eigenvalue weighted by molar-refractivity contribution is 7.89. The zero-order valence-electron chi connectivity index (χ0n) is 11.2. The van der Waals surface area contributed by atoms with Crippen LogP contribution in [0.15, 0.2) is 23.1 Å². The number of nitrogens with one attached hydrogen (secondary N) is 1. The van der Waals surface area contributed by atoms with E-state index in [1.54, 1.807) is 0 Å². The minimum atomic E-state index is -3.83. The maximum absolute atomic E-state index is 12.0. The Morgan fingerprint density at radius 1 is 1.24 bits per heavy atom. The summed E-state index contributed by atoms with van der Waals surface area (Å²) in [6.45, 7) is 0.146. The second kappa shape index (κ2) is 4.94. The van der Waals surface area contributed by atoms with Crippen LogP contribution in [-0.4, -0.2) is 29.2 Å². The van der Waals surface area contributed by atoms with E-state index in [1.807, 2.05) is 0 Å². The molecule has 1 aromatic carbocycles. The van der Waals surface area contributed by atoms with E-state index in [1.165, 1.54) is 18.2 Å². The Morgan fingerprint density at radius 2 is 1.95 bits per heavy atom. The average molecular weight is 332 g/mol. The predicted molar refractivity (Wildman–Crippen MR) is 75.7 cm³/mol. The van der Waals surface area contributed by atoms with Crippen LogP contribution in [-0.2, 0) is 20.0 Å². The van der Waals surface area contributed by atoms with E-state index in [2.05, 4.69) is 4.72 Å². The van der Waals surface area contributed by atoms with Crippen LogP contribution in [0.2, 0.25) is 0 Å². The van der Waals surface area contributed by atoms with Gasteiger partial charge < -0.3 is 4.74 Å². The molecule has 1 heterocycles. The van der Waals surface area contributed by atoms with E-state index in [4.69, 9.17) is 9.88 Å². The largest absolute Gasteiger partial charge is 0.491 e. The molecule has 1 atom stereocenters. The summed E-state index contributed by atoms with van der Waals surface area (Å²) in [6.07, 6.45) is 1.88. The molecule has 3 N–H and O–H groups in total. The SMILES string of the molecule is NS(=O)(=O)c1ccc2c(c1)C(NS(=O)(=O)CC1CC1)CO2. The van der Waals surface area contributed by atoms with Gasteiger partial charge in [-0.1, -0.05) is 0 Å². The van der Waals surface area contributed by atoms with E-state index in [9.17, 15) is 16.8 Å². The number of ether oxygens (including phenoxy) is 1. The van der Waals surface area contributed by atoms with Gasteiger partial charge in [0.05, 0.1) is 16.7 Å². The molecule has 1 aromatic rings. The van der Waals surface area contributed by atoms with Crippen LogP contribution in [0, 0.1) is 5.92 Å². The first-order valence-electron chi connectivity index (χ1n) is 6.54. The van der Waals surface area contributed by atoms with Crippen LogP contribution in [0.25, 0.3) is 0 Å². The van der Waals surface area contributed by atoms with Gasteiger partial charge in [-0.2, -0.15) is 0 Å². The number of rotatable bonds is 5. The van der Waals surface area contributed by atoms with Crippen molar-refractivity contribution in [2.75, 3.05) is 12.4 Å². The van der Waals surface area contributed by atoms with Gasteiger partial charge in [0.25, 0.3) is 0 Å². The first-order valence-corrected chi connectivity index (χ1v) is 9.74. The Bertz CT molecular complexity index is 769. The number of fused-ring (bicyclic) bond motifs is 1. The van der Waals surface area contributed by atoms with Crippen LogP contribution in [0.5, 0.6) is 5.75 Å². The maximum atomic E-state index is 12.0. The second-order valence-corrected chi connectivity index (χ2v) is 8.81. The number of hydrogen-bond acceptors (Lipinski definition) is 5. The summed E-state index contributed by atoms with van der Waals surface area (Å²) in [5.41, 5.74) is 0.501. The molecule has 9 heteroatoms. The van der Waals surface area contributed by atoms with Gasteiger partial charge in [-0.3, -0.25) is 0 Å². The Hall–Kier alpha value is -1.16. The molecule has 0 bridgehead atoms. The summed E-state index contributed by atoms with van der Waals surface area (Å²) >= 11 is 0. The van der Waals surface area contributed by atoms with E-state index in [0.717, 1.165) is 12.8 Å². The molecule has 7 nitrogen and oxygen atoms in total. The fraction of sp³-hybridized carbons (Fsp3) is 0.500. The molecular weight excluding hydrogens is 316 g/mol. The summed E-state index contributed by atoms with van der Waals surface area (Å²) < 4.78 is 54.7. The van der Waals surface area contributed by atoms with Crippen LogP contribution in [0.4, 0.5) is 0 Å². The summed E-state index contributed by atoms with van der Waals surface area (Å²) in [6, 6.07) is 3.62. The molecule has 1 fully saturated rings. The topological polar surface area (TPSA) is 116 Å². The van der Waals surface area contributed by atoms with Crippen LogP contribution >= 0.6 is 0 Å². The van der Waals surface area contributed by atoms with Crippen LogP contribution in [0.3, 0.4) is 0 Å². The van der Waals surface area contributed by atoms with Gasteiger partial charge in [0.2, 0.25) is 20.0 Å². The summed E-state index contributed by atoms with van der Waals surface area (Å²) in [5, 5.41) is 5.09. The monoisotopic (exact) mass is 332 g/mol. The molecule has 1 aliphatic carbocycles. The zero-order chi connectivity index (χ0) is 15.3. The van der Waals surface area contributed by atoms with E-state index < -0.39 is 26.1 Å². The van der Waals surface area contributed by atoms with Gasteiger partial charge in [0, 0.05) is 5.56 Å². The molecule has 1 saturated carbocycles. The molecule has 0 aromatic heterocycles. The smallest absolute Gasteiger partial charge is 0.238 e. The Labute approximate surface area is 123 Å². The minimum absolute atomic E-state index is 0.0573. The van der Waals surface area contributed by atoms with Crippen molar-refractivity contribution in [2.24, 2.45) is 11.1 Å². The van der Waals surface area contributed by atoms with Gasteiger partial charge in [-0.25, -0.2) is 26.7 Å². The van der Waals surface area contributed by atoms with Crippen molar-refractivity contribution in [1.29, 1.82) is 0 Å². The highest BCUT2D eigenvalue weighted by atomic mass is 32.2. The van der Waals surface area contributed by atoms with Crippen LogP contribution < -0.4 is 14.6 Å². The predicted octanol–water partition coefficient (Wildman–Crippen LogP) is 0.0969. The highest BCUT2D eigenvalue weighted by Crippen LogP contribution is 2.35. The quantitative estimate of drug-likeness (QED) is 0.793. The third-order valence-electron chi connectivity index (χ3n) is 3.56. The molecule has 2 aliphatic rings. The lowest BCUT2D eigenvalue weighted by Crippen LogP contribution is -2.32. The number of nitrogens with two attached hydrogens (primary N) is 1. The molecule has 1 unspecified atom stereocenters. The molecule has 0 spiro atoms. The Balaban J connectivity index is 1.85. The zero-order valence-corrected chi connectivity index (χ0v) is 12.8. The fourth-order valence-corrected chi connectivity index (χ4v) is 4.55. The molecule has 0 amide bonds. The van der Waals surface area contributed by atoms with Crippen molar-refractivity contribution in [3.05, 3.63) is 23.8 Å². The van der Waals surface area contributed by atoms with Gasteiger partial charge in [-0.05, 0) is 37.0 Å². The summed E-state index contributed by atoms with van der Waals surface area (Å²) in [4.78, 5) is -0.0573. The molecule has 0 saturated heterocycles. The lowest BCUT2D eigenvalue weighted by molar-refractivity contribution is 0.325. The molecule has 21 heavy (non-hydrogen) atoms. The van der Waals surface area contributed by atoms with Crippen molar-refractivity contribution in [3.8, 4) is 5.75 Å². The fourth-order valence-electron chi connectivity index (χ4n) is 2.33. The summed E-state index contributed by atoms with van der Waals surface area (Å²) in [5.74, 6) is 0.815. The van der Waals surface area contributed by atoms with Gasteiger partial charge in [0.1, 0.15) is 12.4 Å². The third-order valence-corrected chi connectivity index (χ3v) is 6.03. The van der Waals surface area contributed by atoms with Gasteiger partial charge in [0.15, 0.2) is 0 Å². The average Bonchev–Trinajstić information content (AvgIpc) is 3.07. The van der Waals surface area contributed by atoms with Crippen molar-refractivity contribution in [3.63, 3.8) is 0 Å². The summed E-state index contributed by atoms with van der Waals surface area (Å²) in [7, 11) is -7.24. The highest BCUT2D eigenvalue weighted by Gasteiger charge is 2.33. The Morgan fingerprint density at radius 3 is 2.57 bits per heavy atom. The van der Waals surface area contributed by atoms with Crippen molar-refractivity contribution in [2.45, 2.75) is 23.8 Å². The van der Waals surface area contributed by atoms with E-state index in [-0.39, 0.29) is 23.2 Å². The Kier molecular flexibility index (Phi) is 3.47. The lowest BCUT2D eigenvalue weighted by Gasteiger charge is -2.12. The van der Waals surface area contributed by atoms with Gasteiger partial charge >= 0.3 is 0 Å². The van der Waals surface area contributed by atoms with Crippen molar-refractivity contribution < 1.29 is 21.6 Å². The molecule has 116 valence electrons. The second-order valence-electron chi connectivity index (χ2n) is 5.45. The molecular formula is C12H16N2O5S2. The number of sulfonamides is 2. The number of hydrogen-bond donors (Lipinski definition) is 2. The third kappa shape index (κ3) is 3.37. The number of primary sulfonamides is 1. The minimum Gasteiger partial charge on any atom is -0.491 e. The normalized spacial score (nSPS) is 21.9. The number of benzene rings is 1. The molecule has 0 radical (unpaired) electrons. The first-order chi connectivity index (χ1) is 9.74. The molecule has 1 aliphatic heterocycles. The van der Waals surface area contributed by atoms with Crippen LogP contribution in [0.1, 0.15) is 24.4 Å². The first kappa shape index (κ1) is 14.8. The maximum Gasteiger partial charge on any atom is 0.238 e. The standard InChI is InChI=1S/C12H16N2O5S2/c13-21(17,18)9-3-4-12-10(5-9)11(6-19-12)14-20(15,16)7-8-1-2-8/h3-5,8,11,14H,1-2,6-7H2,(H2,13,17,18). The van der Waals surface area contributed by atoms with E-state index in [0.29, 0.717) is 11.3 Å². The van der Waals surface area contributed by atoms with E-state index >= 15 is 0 Å². The van der Waals surface area contributed by atoms with Gasteiger partial charge in [-0.15, -0.1) is 0 Å². The lowest BCUT2D eigenvalue weighted by atomic mass is 10.1. The van der Waals surface area contributed by atoms with Crippen molar-refractivity contribution in [1.82, 2.24) is 4.72 Å². The van der Waals surface area contributed by atoms with Crippen molar-refractivity contribution >= 4 is 20.0 Å². The molecule has 3 rings (SSSR count).